The van der Waals surface area contributed by atoms with E-state index in [9.17, 15) is 18.0 Å². The molecule has 3 aromatic rings. The number of fused-ring (bicyclic) bond motifs is 1. The number of nitrogens with one attached hydrogen (secondary N) is 2. The highest BCUT2D eigenvalue weighted by atomic mass is 35.5. The van der Waals surface area contributed by atoms with Crippen molar-refractivity contribution in [3.63, 3.8) is 0 Å². The average Bonchev–Trinajstić information content (AvgIpc) is 3.16. The van der Waals surface area contributed by atoms with Crippen molar-refractivity contribution in [2.24, 2.45) is 0 Å². The molecule has 156 valence electrons. The predicted octanol–water partition coefficient (Wildman–Crippen LogP) is 5.13. The van der Waals surface area contributed by atoms with Gasteiger partial charge in [-0.25, -0.2) is 4.68 Å². The Hall–Kier alpha value is -3.00. The number of carbonyl (C=O) groups excluding carboxylic acids is 1. The van der Waals surface area contributed by atoms with Gasteiger partial charge in [-0.2, -0.15) is 18.3 Å². The number of alkyl halides is 3. The van der Waals surface area contributed by atoms with Crippen LogP contribution in [0.4, 0.5) is 19.0 Å². The van der Waals surface area contributed by atoms with E-state index in [4.69, 9.17) is 11.6 Å². The van der Waals surface area contributed by atoms with Crippen molar-refractivity contribution < 1.29 is 18.0 Å². The van der Waals surface area contributed by atoms with E-state index >= 15 is 0 Å². The number of benzene rings is 2. The number of aromatic nitrogens is 2. The number of anilines is 1. The van der Waals surface area contributed by atoms with Crippen LogP contribution in [0.1, 0.15) is 40.1 Å². The summed E-state index contributed by atoms with van der Waals surface area (Å²) >= 11 is 5.89. The van der Waals surface area contributed by atoms with Crippen molar-refractivity contribution in [2.75, 3.05) is 5.32 Å². The first-order valence-electron chi connectivity index (χ1n) is 9.31. The highest BCUT2D eigenvalue weighted by Crippen LogP contribution is 2.43. The lowest BCUT2D eigenvalue weighted by Gasteiger charge is -2.33. The number of rotatable bonds is 4. The summed E-state index contributed by atoms with van der Waals surface area (Å²) in [6.07, 6.45) is -4.75. The van der Waals surface area contributed by atoms with Crippen LogP contribution in [0.25, 0.3) is 0 Å². The highest BCUT2D eigenvalue weighted by molar-refractivity contribution is 6.30. The van der Waals surface area contributed by atoms with Crippen molar-refractivity contribution in [3.8, 4) is 0 Å². The zero-order valence-corrected chi connectivity index (χ0v) is 16.4. The monoisotopic (exact) mass is 434 g/mol. The van der Waals surface area contributed by atoms with Crippen molar-refractivity contribution in [1.29, 1.82) is 0 Å². The largest absolute Gasteiger partial charge is 0.410 e. The fourth-order valence-corrected chi connectivity index (χ4v) is 3.59. The van der Waals surface area contributed by atoms with Gasteiger partial charge in [0.2, 0.25) is 0 Å². The first-order chi connectivity index (χ1) is 14.3. The van der Waals surface area contributed by atoms with E-state index in [1.807, 2.05) is 30.3 Å². The number of hydrogen-bond acceptors (Lipinski definition) is 3. The molecule has 1 aliphatic heterocycles. The molecule has 2 heterocycles. The van der Waals surface area contributed by atoms with Crippen LogP contribution in [0.2, 0.25) is 5.02 Å². The van der Waals surface area contributed by atoms with Gasteiger partial charge >= 0.3 is 6.18 Å². The number of halogens is 4. The normalized spacial score (nSPS) is 18.4. The van der Waals surface area contributed by atoms with Gasteiger partial charge in [-0.05, 0) is 23.3 Å². The van der Waals surface area contributed by atoms with Crippen LogP contribution in [0.3, 0.4) is 0 Å². The van der Waals surface area contributed by atoms with Gasteiger partial charge in [0.1, 0.15) is 5.82 Å². The van der Waals surface area contributed by atoms with Crippen LogP contribution < -0.4 is 10.6 Å². The molecule has 0 spiro atoms. The summed E-state index contributed by atoms with van der Waals surface area (Å²) in [5.41, 5.74) is 1.49. The van der Waals surface area contributed by atoms with Crippen LogP contribution in [-0.2, 0) is 6.54 Å². The maximum absolute atomic E-state index is 13.7. The van der Waals surface area contributed by atoms with Crippen molar-refractivity contribution in [2.45, 2.75) is 31.2 Å². The standard InChI is InChI=1S/C21H18ClF3N4O/c22-15-8-6-14(7-9-15)16-10-18(21(23,24)25)29-19(27-16)11-17(28-29)20(30)26-12-13-4-2-1-3-5-13/h1-9,11,16,18,27H,10,12H2,(H,26,30). The SMILES string of the molecule is O=C(NCc1ccccc1)c1cc2n(n1)C(C(F)(F)F)CC(c1ccc(Cl)cc1)N2. The quantitative estimate of drug-likeness (QED) is 0.598. The molecule has 5 nitrogen and oxygen atoms in total. The minimum atomic E-state index is -4.51. The Balaban J connectivity index is 1.58. The van der Waals surface area contributed by atoms with Crippen LogP contribution in [-0.4, -0.2) is 21.9 Å². The molecular formula is C21H18ClF3N4O. The molecule has 0 bridgehead atoms. The molecule has 4 rings (SSSR count). The maximum atomic E-state index is 13.7. The summed E-state index contributed by atoms with van der Waals surface area (Å²) in [5, 5.41) is 10.2. The Bertz CT molecular complexity index is 1030. The average molecular weight is 435 g/mol. The Morgan fingerprint density at radius 3 is 2.53 bits per heavy atom. The molecule has 2 unspecified atom stereocenters. The lowest BCUT2D eigenvalue weighted by molar-refractivity contribution is -0.173. The number of amides is 1. The number of hydrogen-bond donors (Lipinski definition) is 2. The number of nitrogens with zero attached hydrogens (tertiary/aromatic N) is 2. The third-order valence-corrected chi connectivity index (χ3v) is 5.24. The summed E-state index contributed by atoms with van der Waals surface area (Å²) in [4.78, 5) is 12.5. The van der Waals surface area contributed by atoms with E-state index in [2.05, 4.69) is 15.7 Å². The van der Waals surface area contributed by atoms with E-state index < -0.39 is 24.2 Å². The molecule has 2 atom stereocenters. The molecular weight excluding hydrogens is 417 g/mol. The molecule has 30 heavy (non-hydrogen) atoms. The van der Waals surface area contributed by atoms with E-state index in [1.54, 1.807) is 24.3 Å². The van der Waals surface area contributed by atoms with Gasteiger partial charge in [-0.15, -0.1) is 0 Å². The summed E-state index contributed by atoms with van der Waals surface area (Å²) in [6.45, 7) is 0.255. The predicted molar refractivity (Wildman–Crippen MR) is 107 cm³/mol. The summed E-state index contributed by atoms with van der Waals surface area (Å²) in [5.74, 6) is -0.389. The van der Waals surface area contributed by atoms with E-state index in [-0.39, 0.29) is 24.5 Å². The van der Waals surface area contributed by atoms with Crippen molar-refractivity contribution in [3.05, 3.63) is 82.5 Å². The Morgan fingerprint density at radius 1 is 1.17 bits per heavy atom. The molecule has 0 radical (unpaired) electrons. The molecule has 1 amide bonds. The van der Waals surface area contributed by atoms with Crippen molar-refractivity contribution in [1.82, 2.24) is 15.1 Å². The lowest BCUT2D eigenvalue weighted by atomic mass is 9.97. The van der Waals surface area contributed by atoms with Gasteiger partial charge in [0, 0.05) is 24.1 Å². The molecule has 0 aliphatic carbocycles. The maximum Gasteiger partial charge on any atom is 0.410 e. The van der Waals surface area contributed by atoms with Crippen LogP contribution >= 0.6 is 11.6 Å². The second kappa shape index (κ2) is 8.02. The zero-order valence-electron chi connectivity index (χ0n) is 15.7. The van der Waals surface area contributed by atoms with Gasteiger partial charge in [0.15, 0.2) is 11.7 Å². The van der Waals surface area contributed by atoms with Gasteiger partial charge in [0.25, 0.3) is 5.91 Å². The Morgan fingerprint density at radius 2 is 1.87 bits per heavy atom. The second-order valence-corrected chi connectivity index (χ2v) is 7.51. The minimum Gasteiger partial charge on any atom is -0.363 e. The Kier molecular flexibility index (Phi) is 5.42. The topological polar surface area (TPSA) is 59.0 Å². The molecule has 2 aromatic carbocycles. The van der Waals surface area contributed by atoms with Crippen LogP contribution in [0.5, 0.6) is 0 Å². The van der Waals surface area contributed by atoms with Crippen molar-refractivity contribution >= 4 is 23.3 Å². The fourth-order valence-electron chi connectivity index (χ4n) is 3.47. The lowest BCUT2D eigenvalue weighted by Crippen LogP contribution is -2.35. The van der Waals surface area contributed by atoms with Gasteiger partial charge in [-0.3, -0.25) is 4.79 Å². The first-order valence-corrected chi connectivity index (χ1v) is 9.69. The summed E-state index contributed by atoms with van der Waals surface area (Å²) < 4.78 is 42.1. The third-order valence-electron chi connectivity index (χ3n) is 4.99. The smallest absolute Gasteiger partial charge is 0.363 e. The molecule has 0 saturated carbocycles. The molecule has 1 aromatic heterocycles. The summed E-state index contributed by atoms with van der Waals surface area (Å²) in [6, 6.07) is 14.8. The molecule has 2 N–H and O–H groups in total. The summed E-state index contributed by atoms with van der Waals surface area (Å²) in [7, 11) is 0. The van der Waals surface area contributed by atoms with E-state index in [1.165, 1.54) is 6.07 Å². The van der Waals surface area contributed by atoms with Gasteiger partial charge in [-0.1, -0.05) is 54.1 Å². The fraction of sp³-hybridized carbons (Fsp3) is 0.238. The van der Waals surface area contributed by atoms with Gasteiger partial charge in [0.05, 0.1) is 6.04 Å². The molecule has 0 saturated heterocycles. The van der Waals surface area contributed by atoms with Crippen LogP contribution in [0, 0.1) is 0 Å². The molecule has 9 heteroatoms. The molecule has 1 aliphatic rings. The second-order valence-electron chi connectivity index (χ2n) is 7.07. The van der Waals surface area contributed by atoms with Crippen LogP contribution in [0.15, 0.2) is 60.7 Å². The zero-order chi connectivity index (χ0) is 21.3. The highest BCUT2D eigenvalue weighted by Gasteiger charge is 2.46. The Labute approximate surface area is 175 Å². The van der Waals surface area contributed by atoms with E-state index in [0.29, 0.717) is 10.6 Å². The number of carbonyl (C=O) groups is 1. The third kappa shape index (κ3) is 4.28. The minimum absolute atomic E-state index is 0.0700. The van der Waals surface area contributed by atoms with Gasteiger partial charge < -0.3 is 10.6 Å². The first kappa shape index (κ1) is 20.3. The molecule has 0 fully saturated rings. The van der Waals surface area contributed by atoms with E-state index in [0.717, 1.165) is 10.2 Å².